The van der Waals surface area contributed by atoms with E-state index in [0.29, 0.717) is 18.7 Å². The summed E-state index contributed by atoms with van der Waals surface area (Å²) in [7, 11) is -3.79. The Hall–Kier alpha value is -2.16. The third-order valence-corrected chi connectivity index (χ3v) is 7.49. The van der Waals surface area contributed by atoms with E-state index in [1.807, 2.05) is 18.4 Å². The fourth-order valence-corrected chi connectivity index (χ4v) is 5.28. The molecular weight excluding hydrogens is 410 g/mol. The summed E-state index contributed by atoms with van der Waals surface area (Å²) in [5.41, 5.74) is 0.383. The molecule has 29 heavy (non-hydrogen) atoms. The van der Waals surface area contributed by atoms with Crippen molar-refractivity contribution in [1.82, 2.24) is 4.31 Å². The molecule has 0 atom stereocenters. The molecule has 2 aromatic rings. The third-order valence-electron chi connectivity index (χ3n) is 4.79. The molecule has 0 spiro atoms. The normalized spacial score (nSPS) is 15.1. The van der Waals surface area contributed by atoms with Gasteiger partial charge in [-0.25, -0.2) is 13.2 Å². The van der Waals surface area contributed by atoms with Crippen molar-refractivity contribution in [1.29, 1.82) is 0 Å². The first-order chi connectivity index (χ1) is 13.9. The van der Waals surface area contributed by atoms with Gasteiger partial charge < -0.3 is 4.74 Å². The highest BCUT2D eigenvalue weighted by molar-refractivity contribution is 7.98. The first kappa shape index (κ1) is 21.5. The number of carbonyl (C=O) groups excluding carboxylic acids is 2. The number of esters is 1. The largest absolute Gasteiger partial charge is 0.454 e. The molecule has 0 saturated carbocycles. The number of hydrogen-bond acceptors (Lipinski definition) is 6. The van der Waals surface area contributed by atoms with Crippen molar-refractivity contribution in [2.75, 3.05) is 26.0 Å². The minimum atomic E-state index is -3.79. The smallest absolute Gasteiger partial charge is 0.339 e. The SMILES string of the molecule is CSc1ccc(C(=O)COC(=O)c2ccccc2S(=O)(=O)N2CCCCC2)cc1. The number of benzene rings is 2. The molecular formula is C21H23NO5S2. The summed E-state index contributed by atoms with van der Waals surface area (Å²) in [6.45, 7) is 0.433. The molecule has 0 aromatic heterocycles. The molecule has 1 aliphatic rings. The fraction of sp³-hybridized carbons (Fsp3) is 0.333. The van der Waals surface area contributed by atoms with Gasteiger partial charge in [0.2, 0.25) is 10.0 Å². The summed E-state index contributed by atoms with van der Waals surface area (Å²) >= 11 is 1.56. The Morgan fingerprint density at radius 1 is 1.00 bits per heavy atom. The Morgan fingerprint density at radius 3 is 2.31 bits per heavy atom. The summed E-state index contributed by atoms with van der Waals surface area (Å²) in [6.07, 6.45) is 4.54. The maximum absolute atomic E-state index is 13.0. The average molecular weight is 434 g/mol. The molecule has 0 radical (unpaired) electrons. The van der Waals surface area contributed by atoms with E-state index in [9.17, 15) is 18.0 Å². The molecule has 0 N–H and O–H groups in total. The monoisotopic (exact) mass is 433 g/mol. The summed E-state index contributed by atoms with van der Waals surface area (Å²) in [6, 6.07) is 13.0. The molecule has 3 rings (SSSR count). The minimum absolute atomic E-state index is 0.0522. The van der Waals surface area contributed by atoms with Gasteiger partial charge in [0.15, 0.2) is 12.4 Å². The van der Waals surface area contributed by atoms with Crippen LogP contribution in [-0.2, 0) is 14.8 Å². The molecule has 8 heteroatoms. The topological polar surface area (TPSA) is 80.8 Å². The van der Waals surface area contributed by atoms with Gasteiger partial charge in [-0.05, 0) is 43.4 Å². The van der Waals surface area contributed by atoms with Crippen molar-refractivity contribution >= 4 is 33.5 Å². The number of thioether (sulfide) groups is 1. The standard InChI is InChI=1S/C21H23NO5S2/c1-28-17-11-9-16(10-12-17)19(23)15-27-21(24)18-7-3-4-8-20(18)29(25,26)22-13-5-2-6-14-22/h3-4,7-12H,2,5-6,13-15H2,1H3. The third kappa shape index (κ3) is 5.07. The lowest BCUT2D eigenvalue weighted by atomic mass is 10.1. The highest BCUT2D eigenvalue weighted by Gasteiger charge is 2.30. The van der Waals surface area contributed by atoms with Gasteiger partial charge in [0.25, 0.3) is 0 Å². The number of carbonyl (C=O) groups is 2. The number of piperidine rings is 1. The summed E-state index contributed by atoms with van der Waals surface area (Å²) < 4.78 is 32.5. The van der Waals surface area contributed by atoms with E-state index in [0.717, 1.165) is 24.2 Å². The molecule has 6 nitrogen and oxygen atoms in total. The number of ether oxygens (including phenoxy) is 1. The summed E-state index contributed by atoms with van der Waals surface area (Å²) in [5, 5.41) is 0. The van der Waals surface area contributed by atoms with Gasteiger partial charge in [-0.3, -0.25) is 4.79 Å². The number of nitrogens with zero attached hydrogens (tertiary/aromatic N) is 1. The summed E-state index contributed by atoms with van der Waals surface area (Å²) in [4.78, 5) is 25.8. The first-order valence-electron chi connectivity index (χ1n) is 9.37. The maximum Gasteiger partial charge on any atom is 0.339 e. The molecule has 0 unspecified atom stereocenters. The Balaban J connectivity index is 1.73. The Morgan fingerprint density at radius 2 is 1.66 bits per heavy atom. The van der Waals surface area contributed by atoms with Crippen LogP contribution in [0.4, 0.5) is 0 Å². The van der Waals surface area contributed by atoms with Gasteiger partial charge in [0, 0.05) is 23.5 Å². The molecule has 1 aliphatic heterocycles. The minimum Gasteiger partial charge on any atom is -0.454 e. The summed E-state index contributed by atoms with van der Waals surface area (Å²) in [5.74, 6) is -1.17. The highest BCUT2D eigenvalue weighted by Crippen LogP contribution is 2.24. The van der Waals surface area contributed by atoms with Crippen molar-refractivity contribution in [3.63, 3.8) is 0 Å². The molecule has 0 amide bonds. The van der Waals surface area contributed by atoms with E-state index in [1.54, 1.807) is 36.0 Å². The molecule has 0 bridgehead atoms. The van der Waals surface area contributed by atoms with Crippen LogP contribution >= 0.6 is 11.8 Å². The van der Waals surface area contributed by atoms with E-state index >= 15 is 0 Å². The van der Waals surface area contributed by atoms with Crippen LogP contribution in [0.5, 0.6) is 0 Å². The van der Waals surface area contributed by atoms with Gasteiger partial charge in [0.05, 0.1) is 10.5 Å². The first-order valence-corrected chi connectivity index (χ1v) is 12.0. The van der Waals surface area contributed by atoms with Crippen LogP contribution in [0.2, 0.25) is 0 Å². The van der Waals surface area contributed by atoms with Crippen LogP contribution in [0.3, 0.4) is 0 Å². The van der Waals surface area contributed by atoms with Crippen LogP contribution in [0.1, 0.15) is 40.0 Å². The van der Waals surface area contributed by atoms with Gasteiger partial charge in [-0.15, -0.1) is 11.8 Å². The highest BCUT2D eigenvalue weighted by atomic mass is 32.2. The number of Topliss-reactive ketones (excluding diaryl/α,β-unsaturated/α-hetero) is 1. The number of ketones is 1. The van der Waals surface area contributed by atoms with E-state index < -0.39 is 22.6 Å². The molecule has 0 aliphatic carbocycles. The number of hydrogen-bond donors (Lipinski definition) is 0. The second kappa shape index (κ2) is 9.56. The van der Waals surface area contributed by atoms with Gasteiger partial charge in [-0.2, -0.15) is 4.31 Å². The van der Waals surface area contributed by atoms with Crippen LogP contribution in [0.15, 0.2) is 58.3 Å². The van der Waals surface area contributed by atoms with Crippen molar-refractivity contribution in [3.05, 3.63) is 59.7 Å². The van der Waals surface area contributed by atoms with E-state index in [4.69, 9.17) is 4.74 Å². The zero-order chi connectivity index (χ0) is 20.9. The van der Waals surface area contributed by atoms with Crippen molar-refractivity contribution in [2.45, 2.75) is 29.1 Å². The van der Waals surface area contributed by atoms with Gasteiger partial charge in [-0.1, -0.05) is 30.7 Å². The second-order valence-electron chi connectivity index (χ2n) is 6.69. The molecule has 1 fully saturated rings. The fourth-order valence-electron chi connectivity index (χ4n) is 3.17. The van der Waals surface area contributed by atoms with Crippen molar-refractivity contribution < 1.29 is 22.7 Å². The molecule has 1 saturated heterocycles. The molecule has 1 heterocycles. The van der Waals surface area contributed by atoms with E-state index in [2.05, 4.69) is 0 Å². The van der Waals surface area contributed by atoms with Crippen LogP contribution in [-0.4, -0.2) is 50.4 Å². The van der Waals surface area contributed by atoms with Gasteiger partial charge >= 0.3 is 5.97 Å². The lowest BCUT2D eigenvalue weighted by Gasteiger charge is -2.26. The molecule has 154 valence electrons. The number of sulfonamides is 1. The predicted molar refractivity (Wildman–Crippen MR) is 112 cm³/mol. The predicted octanol–water partition coefficient (Wildman–Crippen LogP) is 3.62. The Labute approximate surface area is 175 Å². The quantitative estimate of drug-likeness (QED) is 0.377. The Bertz CT molecular complexity index is 980. The maximum atomic E-state index is 13.0. The van der Waals surface area contributed by atoms with Crippen LogP contribution in [0, 0.1) is 0 Å². The second-order valence-corrected chi connectivity index (χ2v) is 9.47. The lowest BCUT2D eigenvalue weighted by molar-refractivity contribution is 0.0471. The average Bonchev–Trinajstić information content (AvgIpc) is 2.77. The Kier molecular flexibility index (Phi) is 7.10. The van der Waals surface area contributed by atoms with E-state index in [-0.39, 0.29) is 16.2 Å². The lowest BCUT2D eigenvalue weighted by Crippen LogP contribution is -2.36. The number of rotatable bonds is 7. The van der Waals surface area contributed by atoms with Crippen molar-refractivity contribution in [3.8, 4) is 0 Å². The van der Waals surface area contributed by atoms with Gasteiger partial charge in [0.1, 0.15) is 0 Å². The van der Waals surface area contributed by atoms with Crippen LogP contribution in [0.25, 0.3) is 0 Å². The zero-order valence-electron chi connectivity index (χ0n) is 16.2. The van der Waals surface area contributed by atoms with Crippen LogP contribution < -0.4 is 0 Å². The molecule has 2 aromatic carbocycles. The van der Waals surface area contributed by atoms with E-state index in [1.165, 1.54) is 16.4 Å². The zero-order valence-corrected chi connectivity index (χ0v) is 17.8. The van der Waals surface area contributed by atoms with Crippen molar-refractivity contribution in [2.24, 2.45) is 0 Å².